The lowest BCUT2D eigenvalue weighted by atomic mass is 10.1. The molecular weight excluding hydrogens is 371 g/mol. The number of aliphatic imine (C=N–C) groups is 1. The van der Waals surface area contributed by atoms with Gasteiger partial charge in [0, 0.05) is 12.1 Å². The molecule has 28 heavy (non-hydrogen) atoms. The van der Waals surface area contributed by atoms with Crippen molar-refractivity contribution in [2.75, 3.05) is 13.7 Å². The van der Waals surface area contributed by atoms with E-state index in [9.17, 15) is 18.3 Å². The Morgan fingerprint density at radius 1 is 1.21 bits per heavy atom. The van der Waals surface area contributed by atoms with Crippen molar-refractivity contribution in [3.63, 3.8) is 0 Å². The van der Waals surface area contributed by atoms with E-state index in [0.717, 1.165) is 12.1 Å². The Morgan fingerprint density at radius 2 is 1.93 bits per heavy atom. The number of aromatic hydroxyl groups is 1. The molecule has 0 saturated heterocycles. The molecule has 0 spiro atoms. The first-order valence-electron chi connectivity index (χ1n) is 8.83. The molecule has 1 atom stereocenters. The van der Waals surface area contributed by atoms with Gasteiger partial charge in [0.25, 0.3) is 0 Å². The minimum Gasteiger partial charge on any atom is -0.504 e. The van der Waals surface area contributed by atoms with Crippen LogP contribution in [0.25, 0.3) is 0 Å². The molecule has 0 heterocycles. The number of hydrogen-bond donors (Lipinski definition) is 3. The molecule has 0 radical (unpaired) electrons. The van der Waals surface area contributed by atoms with Crippen LogP contribution < -0.4 is 15.4 Å². The van der Waals surface area contributed by atoms with Crippen molar-refractivity contribution in [1.29, 1.82) is 0 Å². The average molecular weight is 395 g/mol. The smallest absolute Gasteiger partial charge is 0.416 e. The van der Waals surface area contributed by atoms with Crippen LogP contribution in [0, 0.1) is 0 Å². The predicted molar refractivity (Wildman–Crippen MR) is 102 cm³/mol. The number of nitrogens with one attached hydrogen (secondary N) is 2. The van der Waals surface area contributed by atoms with Gasteiger partial charge < -0.3 is 20.5 Å². The zero-order valence-corrected chi connectivity index (χ0v) is 16.0. The van der Waals surface area contributed by atoms with Gasteiger partial charge in [-0.25, -0.2) is 4.99 Å². The maximum Gasteiger partial charge on any atom is 0.416 e. The number of methoxy groups -OCH3 is 1. The molecule has 0 amide bonds. The molecule has 0 fully saturated rings. The molecule has 2 aromatic carbocycles. The van der Waals surface area contributed by atoms with Gasteiger partial charge in [-0.1, -0.05) is 24.3 Å². The van der Waals surface area contributed by atoms with Crippen LogP contribution >= 0.6 is 0 Å². The normalized spacial score (nSPS) is 13.1. The second-order valence-electron chi connectivity index (χ2n) is 6.15. The van der Waals surface area contributed by atoms with Gasteiger partial charge in [0.05, 0.1) is 25.3 Å². The minimum atomic E-state index is -4.39. The topological polar surface area (TPSA) is 65.9 Å². The summed E-state index contributed by atoms with van der Waals surface area (Å²) in [5.74, 6) is 0.785. The highest BCUT2D eigenvalue weighted by atomic mass is 19.4. The van der Waals surface area contributed by atoms with Crippen LogP contribution in [0.4, 0.5) is 13.2 Å². The second kappa shape index (κ2) is 9.34. The van der Waals surface area contributed by atoms with Gasteiger partial charge in [0.1, 0.15) is 0 Å². The summed E-state index contributed by atoms with van der Waals surface area (Å²) in [7, 11) is 1.46. The second-order valence-corrected chi connectivity index (χ2v) is 6.15. The Morgan fingerprint density at radius 3 is 2.57 bits per heavy atom. The molecular formula is C20H24F3N3O2. The maximum absolute atomic E-state index is 12.9. The summed E-state index contributed by atoms with van der Waals surface area (Å²) < 4.78 is 43.9. The van der Waals surface area contributed by atoms with Gasteiger partial charge in [-0.3, -0.25) is 0 Å². The fourth-order valence-corrected chi connectivity index (χ4v) is 2.62. The fourth-order valence-electron chi connectivity index (χ4n) is 2.62. The number of phenolic OH excluding ortho intramolecular Hbond substituents is 1. The monoisotopic (exact) mass is 395 g/mol. The molecule has 8 heteroatoms. The van der Waals surface area contributed by atoms with E-state index in [4.69, 9.17) is 4.74 Å². The molecule has 2 rings (SSSR count). The lowest BCUT2D eigenvalue weighted by Gasteiger charge is -2.19. The Bertz CT molecular complexity index is 823. The highest BCUT2D eigenvalue weighted by Crippen LogP contribution is 2.31. The third-order valence-corrected chi connectivity index (χ3v) is 4.12. The Hall–Kier alpha value is -2.90. The van der Waals surface area contributed by atoms with Gasteiger partial charge in [-0.15, -0.1) is 0 Å². The molecule has 0 aromatic heterocycles. The van der Waals surface area contributed by atoms with E-state index in [0.29, 0.717) is 29.4 Å². The van der Waals surface area contributed by atoms with E-state index in [2.05, 4.69) is 15.6 Å². The number of alkyl halides is 3. The molecule has 0 bridgehead atoms. The summed E-state index contributed by atoms with van der Waals surface area (Å²) in [6, 6.07) is 9.88. The largest absolute Gasteiger partial charge is 0.504 e. The average Bonchev–Trinajstić information content (AvgIpc) is 2.66. The molecule has 0 aliphatic carbocycles. The Labute approximate surface area is 162 Å². The van der Waals surface area contributed by atoms with Crippen LogP contribution in [0.3, 0.4) is 0 Å². The molecule has 2 aromatic rings. The lowest BCUT2D eigenvalue weighted by molar-refractivity contribution is -0.137. The quantitative estimate of drug-likeness (QED) is 0.506. The van der Waals surface area contributed by atoms with Crippen LogP contribution in [0.15, 0.2) is 47.5 Å². The molecule has 5 nitrogen and oxygen atoms in total. The van der Waals surface area contributed by atoms with Crippen LogP contribution in [0.1, 0.15) is 36.6 Å². The summed E-state index contributed by atoms with van der Waals surface area (Å²) in [5.41, 5.74) is 0.370. The third kappa shape index (κ3) is 5.55. The molecule has 1 unspecified atom stereocenters. The van der Waals surface area contributed by atoms with Crippen molar-refractivity contribution in [1.82, 2.24) is 10.6 Å². The van der Waals surface area contributed by atoms with Crippen molar-refractivity contribution >= 4 is 5.96 Å². The van der Waals surface area contributed by atoms with Crippen LogP contribution in [0.5, 0.6) is 11.5 Å². The van der Waals surface area contributed by atoms with Gasteiger partial charge >= 0.3 is 6.18 Å². The molecule has 3 N–H and O–H groups in total. The molecule has 0 aliphatic rings. The summed E-state index contributed by atoms with van der Waals surface area (Å²) >= 11 is 0. The van der Waals surface area contributed by atoms with Crippen molar-refractivity contribution in [3.8, 4) is 11.5 Å². The van der Waals surface area contributed by atoms with E-state index in [1.165, 1.54) is 13.2 Å². The highest BCUT2D eigenvalue weighted by molar-refractivity contribution is 5.80. The number of hydrogen-bond acceptors (Lipinski definition) is 3. The number of benzene rings is 2. The van der Waals surface area contributed by atoms with Gasteiger partial charge in [-0.05, 0) is 37.6 Å². The molecule has 0 aliphatic heterocycles. The first-order valence-corrected chi connectivity index (χ1v) is 8.83. The van der Waals surface area contributed by atoms with E-state index >= 15 is 0 Å². The zero-order chi connectivity index (χ0) is 20.7. The van der Waals surface area contributed by atoms with Crippen molar-refractivity contribution < 1.29 is 23.0 Å². The first kappa shape index (κ1) is 21.4. The number of guanidine groups is 1. The van der Waals surface area contributed by atoms with Crippen LogP contribution in [-0.4, -0.2) is 24.7 Å². The van der Waals surface area contributed by atoms with E-state index in [-0.39, 0.29) is 12.3 Å². The van der Waals surface area contributed by atoms with E-state index in [1.54, 1.807) is 31.2 Å². The predicted octanol–water partition coefficient (Wildman–Crippen LogP) is 4.24. The van der Waals surface area contributed by atoms with Gasteiger partial charge in [0.15, 0.2) is 17.5 Å². The number of rotatable bonds is 6. The fraction of sp³-hybridized carbons (Fsp3) is 0.350. The first-order chi connectivity index (χ1) is 13.3. The maximum atomic E-state index is 12.9. The highest BCUT2D eigenvalue weighted by Gasteiger charge is 2.30. The zero-order valence-electron chi connectivity index (χ0n) is 16.0. The number of halogens is 3. The van der Waals surface area contributed by atoms with Gasteiger partial charge in [0.2, 0.25) is 0 Å². The number of para-hydroxylation sites is 1. The summed E-state index contributed by atoms with van der Waals surface area (Å²) in [6.45, 7) is 4.39. The van der Waals surface area contributed by atoms with Crippen molar-refractivity contribution in [3.05, 3.63) is 59.2 Å². The van der Waals surface area contributed by atoms with Crippen molar-refractivity contribution in [2.24, 2.45) is 4.99 Å². The molecule has 0 saturated carbocycles. The SMILES string of the molecule is CCNC(=NCc1cccc(OC)c1O)NC(C)c1cccc(C(F)(F)F)c1. The Balaban J connectivity index is 2.17. The lowest BCUT2D eigenvalue weighted by Crippen LogP contribution is -2.38. The van der Waals surface area contributed by atoms with Crippen LogP contribution in [-0.2, 0) is 12.7 Å². The minimum absolute atomic E-state index is 0.00975. The van der Waals surface area contributed by atoms with Crippen LogP contribution in [0.2, 0.25) is 0 Å². The number of phenols is 1. The van der Waals surface area contributed by atoms with E-state index < -0.39 is 17.8 Å². The standard InChI is InChI=1S/C20H24F3N3O2/c1-4-24-19(25-12-15-8-6-10-17(28-3)18(15)27)26-13(2)14-7-5-9-16(11-14)20(21,22)23/h5-11,13,27H,4,12H2,1-3H3,(H2,24,25,26). The van der Waals surface area contributed by atoms with Crippen molar-refractivity contribution in [2.45, 2.75) is 32.6 Å². The summed E-state index contributed by atoms with van der Waals surface area (Å²) in [6.07, 6.45) is -4.39. The Kier molecular flexibility index (Phi) is 7.14. The van der Waals surface area contributed by atoms with E-state index in [1.807, 2.05) is 6.92 Å². The number of nitrogens with zero attached hydrogens (tertiary/aromatic N) is 1. The third-order valence-electron chi connectivity index (χ3n) is 4.12. The number of ether oxygens (including phenoxy) is 1. The molecule has 152 valence electrons. The summed E-state index contributed by atoms with van der Waals surface area (Å²) in [4.78, 5) is 4.41. The van der Waals surface area contributed by atoms with Gasteiger partial charge in [-0.2, -0.15) is 13.2 Å². The summed E-state index contributed by atoms with van der Waals surface area (Å²) in [5, 5.41) is 16.3.